The maximum absolute atomic E-state index is 9.93. The van der Waals surface area contributed by atoms with Crippen molar-refractivity contribution in [1.82, 2.24) is 9.78 Å². The molecule has 0 bridgehead atoms. The lowest BCUT2D eigenvalue weighted by molar-refractivity contribution is 0.437. The van der Waals surface area contributed by atoms with Gasteiger partial charge in [0, 0.05) is 12.2 Å². The zero-order valence-electron chi connectivity index (χ0n) is 10.6. The summed E-state index contributed by atoms with van der Waals surface area (Å²) in [4.78, 5) is 0. The largest absolute Gasteiger partial charge is 0.492 e. The van der Waals surface area contributed by atoms with E-state index in [4.69, 9.17) is 0 Å². The molecule has 0 unspecified atom stereocenters. The van der Waals surface area contributed by atoms with Gasteiger partial charge in [0.05, 0.1) is 5.56 Å². The monoisotopic (exact) mass is 230 g/mol. The molecule has 0 aliphatic rings. The fraction of sp³-hybridized carbons (Fsp3) is 0.357. The first-order valence-electron chi connectivity index (χ1n) is 5.97. The molecule has 0 spiro atoms. The molecular weight excluding hydrogens is 212 g/mol. The summed E-state index contributed by atoms with van der Waals surface area (Å²) in [7, 11) is 0. The number of benzene rings is 1. The van der Waals surface area contributed by atoms with Crippen molar-refractivity contribution in [2.45, 2.75) is 33.7 Å². The standard InChI is InChI=1S/C14H18N2O/c1-4-9-16-11(3)13(14(17)15-16)12-7-5-10(2)6-8-12/h5-8H,4,9H2,1-3H3,(H,15,17). The van der Waals surface area contributed by atoms with Gasteiger partial charge in [0.15, 0.2) is 0 Å². The number of aryl methyl sites for hydroxylation is 2. The van der Waals surface area contributed by atoms with Crippen molar-refractivity contribution in [1.29, 1.82) is 0 Å². The smallest absolute Gasteiger partial charge is 0.238 e. The lowest BCUT2D eigenvalue weighted by Gasteiger charge is -2.03. The third-order valence-electron chi connectivity index (χ3n) is 2.96. The van der Waals surface area contributed by atoms with E-state index in [0.717, 1.165) is 29.8 Å². The van der Waals surface area contributed by atoms with Crippen molar-refractivity contribution >= 4 is 0 Å². The Labute approximate surface area is 102 Å². The van der Waals surface area contributed by atoms with Crippen molar-refractivity contribution in [2.75, 3.05) is 0 Å². The number of hydrogen-bond acceptors (Lipinski definition) is 2. The Bertz CT molecular complexity index is 512. The van der Waals surface area contributed by atoms with Gasteiger partial charge in [-0.15, -0.1) is 5.10 Å². The quantitative estimate of drug-likeness (QED) is 0.878. The fourth-order valence-electron chi connectivity index (χ4n) is 2.02. The Hall–Kier alpha value is -1.77. The summed E-state index contributed by atoms with van der Waals surface area (Å²) >= 11 is 0. The van der Waals surface area contributed by atoms with Crippen molar-refractivity contribution in [3.63, 3.8) is 0 Å². The summed E-state index contributed by atoms with van der Waals surface area (Å²) in [6.45, 7) is 6.99. The maximum atomic E-state index is 9.93. The summed E-state index contributed by atoms with van der Waals surface area (Å²) in [5, 5.41) is 14.1. The average molecular weight is 230 g/mol. The number of aromatic nitrogens is 2. The molecule has 0 saturated heterocycles. The van der Waals surface area contributed by atoms with E-state index in [9.17, 15) is 5.11 Å². The van der Waals surface area contributed by atoms with Crippen molar-refractivity contribution in [2.24, 2.45) is 0 Å². The highest BCUT2D eigenvalue weighted by atomic mass is 16.3. The van der Waals surface area contributed by atoms with Gasteiger partial charge in [-0.2, -0.15) is 0 Å². The van der Waals surface area contributed by atoms with Gasteiger partial charge in [-0.05, 0) is 25.8 Å². The van der Waals surface area contributed by atoms with E-state index in [2.05, 4.69) is 18.9 Å². The van der Waals surface area contributed by atoms with Crippen molar-refractivity contribution in [3.8, 4) is 17.0 Å². The molecule has 0 fully saturated rings. The highest BCUT2D eigenvalue weighted by Crippen LogP contribution is 2.31. The second kappa shape index (κ2) is 4.62. The Morgan fingerprint density at radius 1 is 1.18 bits per heavy atom. The molecule has 90 valence electrons. The van der Waals surface area contributed by atoms with Crippen LogP contribution in [-0.4, -0.2) is 14.9 Å². The molecule has 1 N–H and O–H groups in total. The van der Waals surface area contributed by atoms with E-state index in [0.29, 0.717) is 0 Å². The van der Waals surface area contributed by atoms with Gasteiger partial charge in [-0.25, -0.2) is 0 Å². The SMILES string of the molecule is CCCn1nc(O)c(-c2ccc(C)cc2)c1C. The van der Waals surface area contributed by atoms with E-state index in [1.54, 1.807) is 0 Å². The van der Waals surface area contributed by atoms with Crippen LogP contribution in [0.3, 0.4) is 0 Å². The second-order valence-corrected chi connectivity index (χ2v) is 4.37. The molecule has 2 aromatic rings. The molecule has 17 heavy (non-hydrogen) atoms. The molecule has 0 aliphatic carbocycles. The molecule has 0 atom stereocenters. The zero-order chi connectivity index (χ0) is 12.4. The van der Waals surface area contributed by atoms with Crippen LogP contribution in [0.2, 0.25) is 0 Å². The molecule has 1 heterocycles. The summed E-state index contributed by atoms with van der Waals surface area (Å²) in [6.07, 6.45) is 1.01. The highest BCUT2D eigenvalue weighted by molar-refractivity contribution is 5.71. The summed E-state index contributed by atoms with van der Waals surface area (Å²) < 4.78 is 1.87. The molecule has 0 amide bonds. The minimum atomic E-state index is 0.125. The van der Waals surface area contributed by atoms with Crippen LogP contribution in [0.4, 0.5) is 0 Å². The number of rotatable bonds is 3. The van der Waals surface area contributed by atoms with E-state index >= 15 is 0 Å². The van der Waals surface area contributed by atoms with Crippen molar-refractivity contribution < 1.29 is 5.11 Å². The zero-order valence-corrected chi connectivity index (χ0v) is 10.6. The van der Waals surface area contributed by atoms with E-state index in [-0.39, 0.29) is 5.88 Å². The number of aromatic hydroxyl groups is 1. The number of nitrogens with zero attached hydrogens (tertiary/aromatic N) is 2. The molecule has 0 saturated carbocycles. The van der Waals surface area contributed by atoms with Gasteiger partial charge in [-0.1, -0.05) is 36.8 Å². The van der Waals surface area contributed by atoms with Gasteiger partial charge in [0.1, 0.15) is 0 Å². The van der Waals surface area contributed by atoms with Gasteiger partial charge in [0.2, 0.25) is 5.88 Å². The first kappa shape index (κ1) is 11.7. The van der Waals surface area contributed by atoms with Crippen LogP contribution in [0.15, 0.2) is 24.3 Å². The Balaban J connectivity index is 2.48. The Morgan fingerprint density at radius 3 is 2.41 bits per heavy atom. The van der Waals surface area contributed by atoms with E-state index in [1.165, 1.54) is 5.56 Å². The van der Waals surface area contributed by atoms with E-state index < -0.39 is 0 Å². The molecular formula is C14H18N2O. The van der Waals surface area contributed by atoms with Crippen LogP contribution < -0.4 is 0 Å². The minimum Gasteiger partial charge on any atom is -0.492 e. The number of hydrogen-bond donors (Lipinski definition) is 1. The predicted molar refractivity (Wildman–Crippen MR) is 69.1 cm³/mol. The van der Waals surface area contributed by atoms with E-state index in [1.807, 2.05) is 35.9 Å². The molecule has 3 heteroatoms. The average Bonchev–Trinajstić information content (AvgIpc) is 2.57. The third kappa shape index (κ3) is 2.18. The second-order valence-electron chi connectivity index (χ2n) is 4.37. The predicted octanol–water partition coefficient (Wildman–Crippen LogP) is 3.28. The molecule has 1 aromatic carbocycles. The Kier molecular flexibility index (Phi) is 3.18. The van der Waals surface area contributed by atoms with Crippen LogP contribution in [0.25, 0.3) is 11.1 Å². The van der Waals surface area contributed by atoms with Crippen LogP contribution in [-0.2, 0) is 6.54 Å². The van der Waals surface area contributed by atoms with Gasteiger partial charge >= 0.3 is 0 Å². The summed E-state index contributed by atoms with van der Waals surface area (Å²) in [6, 6.07) is 8.14. The first-order chi connectivity index (χ1) is 8.13. The molecule has 0 radical (unpaired) electrons. The fourth-order valence-corrected chi connectivity index (χ4v) is 2.02. The third-order valence-corrected chi connectivity index (χ3v) is 2.96. The summed E-state index contributed by atoms with van der Waals surface area (Å²) in [5.41, 5.74) is 4.10. The lowest BCUT2D eigenvalue weighted by Crippen LogP contribution is -2.00. The van der Waals surface area contributed by atoms with Gasteiger partial charge < -0.3 is 5.11 Å². The first-order valence-corrected chi connectivity index (χ1v) is 5.97. The maximum Gasteiger partial charge on any atom is 0.238 e. The molecule has 2 rings (SSSR count). The molecule has 1 aromatic heterocycles. The topological polar surface area (TPSA) is 38.0 Å². The van der Waals surface area contributed by atoms with Crippen molar-refractivity contribution in [3.05, 3.63) is 35.5 Å². The van der Waals surface area contributed by atoms with Crippen LogP contribution in [0, 0.1) is 13.8 Å². The molecule has 3 nitrogen and oxygen atoms in total. The van der Waals surface area contributed by atoms with Crippen LogP contribution in [0.5, 0.6) is 5.88 Å². The Morgan fingerprint density at radius 2 is 1.82 bits per heavy atom. The van der Waals surface area contributed by atoms with Crippen LogP contribution in [0.1, 0.15) is 24.6 Å². The minimum absolute atomic E-state index is 0.125. The van der Waals surface area contributed by atoms with Crippen LogP contribution >= 0.6 is 0 Å². The van der Waals surface area contributed by atoms with Gasteiger partial charge in [0.25, 0.3) is 0 Å². The molecule has 0 aliphatic heterocycles. The van der Waals surface area contributed by atoms with Gasteiger partial charge in [-0.3, -0.25) is 4.68 Å². The highest BCUT2D eigenvalue weighted by Gasteiger charge is 2.14. The summed E-state index contributed by atoms with van der Waals surface area (Å²) in [5.74, 6) is 0.125. The normalized spacial score (nSPS) is 10.8. The lowest BCUT2D eigenvalue weighted by atomic mass is 10.0.